The first-order valence-electron chi connectivity index (χ1n) is 4.96. The van der Waals surface area contributed by atoms with Gasteiger partial charge in [0.15, 0.2) is 0 Å². The summed E-state index contributed by atoms with van der Waals surface area (Å²) in [4.78, 5) is 13.6. The minimum Gasteiger partial charge on any atom is -0.465 e. The molecule has 0 aromatic heterocycles. The molecule has 76 valence electrons. The summed E-state index contributed by atoms with van der Waals surface area (Å²) in [6, 6.07) is 0.458. The van der Waals surface area contributed by atoms with E-state index in [0.717, 1.165) is 6.42 Å². The Morgan fingerprint density at radius 1 is 1.54 bits per heavy atom. The summed E-state index contributed by atoms with van der Waals surface area (Å²) in [5.74, 6) is 0.514. The third-order valence-corrected chi connectivity index (χ3v) is 3.11. The van der Waals surface area contributed by atoms with Crippen LogP contribution in [-0.2, 0) is 9.53 Å². The fourth-order valence-electron chi connectivity index (χ4n) is 1.90. The van der Waals surface area contributed by atoms with Crippen molar-refractivity contribution < 1.29 is 9.53 Å². The highest BCUT2D eigenvalue weighted by atomic mass is 16.5. The van der Waals surface area contributed by atoms with Crippen LogP contribution in [0.25, 0.3) is 0 Å². The van der Waals surface area contributed by atoms with Crippen LogP contribution in [0, 0.1) is 5.92 Å². The third-order valence-electron chi connectivity index (χ3n) is 3.11. The summed E-state index contributed by atoms with van der Waals surface area (Å²) in [6.45, 7) is 6.66. The Labute approximate surface area is 80.1 Å². The van der Waals surface area contributed by atoms with Crippen molar-refractivity contribution in [1.82, 2.24) is 4.90 Å². The van der Waals surface area contributed by atoms with Gasteiger partial charge in [-0.2, -0.15) is 0 Å². The lowest BCUT2D eigenvalue weighted by molar-refractivity contribution is -0.148. The molecule has 0 bridgehead atoms. The second-order valence-corrected chi connectivity index (χ2v) is 3.89. The van der Waals surface area contributed by atoms with Gasteiger partial charge >= 0.3 is 5.97 Å². The average molecular weight is 185 g/mol. The molecule has 1 unspecified atom stereocenters. The first-order chi connectivity index (χ1) is 6.07. The Bertz CT molecular complexity index is 193. The van der Waals surface area contributed by atoms with Crippen molar-refractivity contribution in [3.05, 3.63) is 0 Å². The van der Waals surface area contributed by atoms with Crippen LogP contribution in [0.2, 0.25) is 0 Å². The zero-order chi connectivity index (χ0) is 10.0. The Balaban J connectivity index is 2.57. The van der Waals surface area contributed by atoms with Crippen molar-refractivity contribution in [3.8, 4) is 0 Å². The molecule has 1 aliphatic heterocycles. The van der Waals surface area contributed by atoms with E-state index in [0.29, 0.717) is 18.6 Å². The van der Waals surface area contributed by atoms with Gasteiger partial charge in [0, 0.05) is 6.04 Å². The lowest BCUT2D eigenvalue weighted by Gasteiger charge is -2.22. The molecular weight excluding hydrogens is 166 g/mol. The van der Waals surface area contributed by atoms with Gasteiger partial charge < -0.3 is 4.74 Å². The maximum absolute atomic E-state index is 11.5. The maximum Gasteiger partial charge on any atom is 0.323 e. The normalized spacial score (nSPS) is 34.9. The van der Waals surface area contributed by atoms with E-state index >= 15 is 0 Å². The van der Waals surface area contributed by atoms with Crippen molar-refractivity contribution >= 4 is 5.97 Å². The van der Waals surface area contributed by atoms with E-state index in [-0.39, 0.29) is 12.0 Å². The van der Waals surface area contributed by atoms with E-state index in [1.165, 1.54) is 0 Å². The Hall–Kier alpha value is -0.570. The summed E-state index contributed by atoms with van der Waals surface area (Å²) < 4.78 is 5.01. The molecule has 1 fully saturated rings. The number of hydrogen-bond donors (Lipinski definition) is 0. The highest BCUT2D eigenvalue weighted by Crippen LogP contribution is 2.28. The van der Waals surface area contributed by atoms with E-state index in [9.17, 15) is 4.79 Å². The molecule has 1 saturated heterocycles. The summed E-state index contributed by atoms with van der Waals surface area (Å²) in [7, 11) is 2.00. The van der Waals surface area contributed by atoms with Gasteiger partial charge in [0.25, 0.3) is 0 Å². The zero-order valence-electron chi connectivity index (χ0n) is 8.91. The second kappa shape index (κ2) is 4.09. The summed E-state index contributed by atoms with van der Waals surface area (Å²) >= 11 is 0. The van der Waals surface area contributed by atoms with Gasteiger partial charge in [-0.1, -0.05) is 6.92 Å². The largest absolute Gasteiger partial charge is 0.465 e. The van der Waals surface area contributed by atoms with Gasteiger partial charge in [0.1, 0.15) is 6.04 Å². The molecule has 0 amide bonds. The van der Waals surface area contributed by atoms with Gasteiger partial charge in [-0.15, -0.1) is 0 Å². The lowest BCUT2D eigenvalue weighted by atomic mass is 10.0. The minimum atomic E-state index is -0.0683. The van der Waals surface area contributed by atoms with Crippen LogP contribution in [-0.4, -0.2) is 36.6 Å². The van der Waals surface area contributed by atoms with Crippen molar-refractivity contribution in [2.24, 2.45) is 5.92 Å². The van der Waals surface area contributed by atoms with Crippen molar-refractivity contribution in [2.75, 3.05) is 13.7 Å². The Morgan fingerprint density at radius 2 is 2.15 bits per heavy atom. The highest BCUT2D eigenvalue weighted by molar-refractivity contribution is 5.76. The zero-order valence-corrected chi connectivity index (χ0v) is 8.91. The first-order valence-corrected chi connectivity index (χ1v) is 4.96. The molecule has 3 nitrogen and oxygen atoms in total. The van der Waals surface area contributed by atoms with Crippen molar-refractivity contribution in [2.45, 2.75) is 39.3 Å². The topological polar surface area (TPSA) is 29.5 Å². The molecule has 1 rings (SSSR count). The predicted octanol–water partition coefficient (Wildman–Crippen LogP) is 1.28. The quantitative estimate of drug-likeness (QED) is 0.607. The Morgan fingerprint density at radius 3 is 2.54 bits per heavy atom. The van der Waals surface area contributed by atoms with Crippen LogP contribution < -0.4 is 0 Å². The number of likely N-dealkylation sites (tertiary alicyclic amines) is 1. The lowest BCUT2D eigenvalue weighted by Crippen LogP contribution is -2.37. The SMILES string of the molecule is CCOC(=O)C1C[C@@H](C)[C@@H](C)N1C. The van der Waals surface area contributed by atoms with Crippen LogP contribution in [0.5, 0.6) is 0 Å². The number of carbonyl (C=O) groups is 1. The molecule has 3 atom stereocenters. The number of rotatable bonds is 2. The van der Waals surface area contributed by atoms with E-state index in [2.05, 4.69) is 18.7 Å². The van der Waals surface area contributed by atoms with E-state index in [4.69, 9.17) is 4.74 Å². The molecule has 1 aliphatic rings. The van der Waals surface area contributed by atoms with Gasteiger partial charge in [-0.25, -0.2) is 0 Å². The molecule has 0 N–H and O–H groups in total. The fraction of sp³-hybridized carbons (Fsp3) is 0.900. The van der Waals surface area contributed by atoms with Crippen molar-refractivity contribution in [1.29, 1.82) is 0 Å². The molecule has 0 saturated carbocycles. The van der Waals surface area contributed by atoms with E-state index in [1.807, 2.05) is 14.0 Å². The van der Waals surface area contributed by atoms with Gasteiger partial charge in [-0.05, 0) is 33.2 Å². The van der Waals surface area contributed by atoms with E-state index in [1.54, 1.807) is 0 Å². The maximum atomic E-state index is 11.5. The molecule has 0 aliphatic carbocycles. The summed E-state index contributed by atoms with van der Waals surface area (Å²) in [5, 5.41) is 0. The number of esters is 1. The molecule has 0 radical (unpaired) electrons. The third kappa shape index (κ3) is 2.02. The van der Waals surface area contributed by atoms with Crippen LogP contribution in [0.15, 0.2) is 0 Å². The minimum absolute atomic E-state index is 0.0232. The summed E-state index contributed by atoms with van der Waals surface area (Å²) in [6.07, 6.45) is 0.927. The monoisotopic (exact) mass is 185 g/mol. The van der Waals surface area contributed by atoms with Gasteiger partial charge in [0.2, 0.25) is 0 Å². The average Bonchev–Trinajstić information content (AvgIpc) is 2.33. The van der Waals surface area contributed by atoms with Crippen LogP contribution in [0.1, 0.15) is 27.2 Å². The molecule has 0 spiro atoms. The molecule has 1 heterocycles. The standard InChI is InChI=1S/C10H19NO2/c1-5-13-10(12)9-6-7(2)8(3)11(9)4/h7-9H,5-6H2,1-4H3/t7-,8-,9?/m1/s1. The van der Waals surface area contributed by atoms with Crippen LogP contribution in [0.3, 0.4) is 0 Å². The Kier molecular flexibility index (Phi) is 3.31. The smallest absolute Gasteiger partial charge is 0.323 e. The number of likely N-dealkylation sites (N-methyl/N-ethyl adjacent to an activating group) is 1. The number of carbonyl (C=O) groups excluding carboxylic acids is 1. The fourth-order valence-corrected chi connectivity index (χ4v) is 1.90. The molecule has 13 heavy (non-hydrogen) atoms. The van der Waals surface area contributed by atoms with E-state index < -0.39 is 0 Å². The number of nitrogens with zero attached hydrogens (tertiary/aromatic N) is 1. The van der Waals surface area contributed by atoms with Gasteiger partial charge in [-0.3, -0.25) is 9.69 Å². The number of ether oxygens (including phenoxy) is 1. The number of hydrogen-bond acceptors (Lipinski definition) is 3. The van der Waals surface area contributed by atoms with Crippen LogP contribution in [0.4, 0.5) is 0 Å². The van der Waals surface area contributed by atoms with Crippen molar-refractivity contribution in [3.63, 3.8) is 0 Å². The van der Waals surface area contributed by atoms with Gasteiger partial charge in [0.05, 0.1) is 6.61 Å². The molecule has 3 heteroatoms. The molecular formula is C10H19NO2. The molecule has 0 aromatic rings. The second-order valence-electron chi connectivity index (χ2n) is 3.89. The highest BCUT2D eigenvalue weighted by Gasteiger charge is 2.38. The first kappa shape index (κ1) is 10.5. The predicted molar refractivity (Wildman–Crippen MR) is 51.4 cm³/mol. The summed E-state index contributed by atoms with van der Waals surface area (Å²) in [5.41, 5.74) is 0. The van der Waals surface area contributed by atoms with Crippen LogP contribution >= 0.6 is 0 Å². The molecule has 0 aromatic carbocycles.